The summed E-state index contributed by atoms with van der Waals surface area (Å²) in [5, 5.41) is 2.29. The zero-order valence-corrected chi connectivity index (χ0v) is 28.8. The fraction of sp³-hybridized carbons (Fsp3) is 0.359. The Hall–Kier alpha value is -3.63. The van der Waals surface area contributed by atoms with Gasteiger partial charge in [0.25, 0.3) is 8.32 Å². The molecular weight excluding hydrogens is 605 g/mol. The predicted octanol–water partition coefficient (Wildman–Crippen LogP) is 6.75. The van der Waals surface area contributed by atoms with Gasteiger partial charge in [0.1, 0.15) is 37.0 Å². The molecule has 47 heavy (non-hydrogen) atoms. The summed E-state index contributed by atoms with van der Waals surface area (Å²) >= 11 is 0. The lowest BCUT2D eigenvalue weighted by Crippen LogP contribution is -2.67. The van der Waals surface area contributed by atoms with Crippen molar-refractivity contribution in [2.45, 2.75) is 83.2 Å². The van der Waals surface area contributed by atoms with Crippen LogP contribution in [0.15, 0.2) is 115 Å². The van der Waals surface area contributed by atoms with Gasteiger partial charge in [-0.15, -0.1) is 0 Å². The van der Waals surface area contributed by atoms with Gasteiger partial charge in [0.2, 0.25) is 0 Å². The SMILES string of the molecule is CC1(C)O[C@@H]2[C@H](O1)[C@@H](CO[Si](c1ccccc1)(c1ccccc1)C(C)(C)C)O[C@@H]2c1nc2ccccc2n1COCc1ccccc1. The van der Waals surface area contributed by atoms with Crippen LogP contribution >= 0.6 is 0 Å². The first kappa shape index (κ1) is 31.9. The van der Waals surface area contributed by atoms with Crippen LogP contribution in [0, 0.1) is 0 Å². The Kier molecular flexibility index (Phi) is 8.67. The Morgan fingerprint density at radius 1 is 0.766 bits per heavy atom. The van der Waals surface area contributed by atoms with Crippen LogP contribution < -0.4 is 10.4 Å². The van der Waals surface area contributed by atoms with Gasteiger partial charge in [-0.2, -0.15) is 0 Å². The van der Waals surface area contributed by atoms with Crippen molar-refractivity contribution in [3.05, 3.63) is 127 Å². The predicted molar refractivity (Wildman–Crippen MR) is 186 cm³/mol. The molecule has 0 saturated carbocycles. The van der Waals surface area contributed by atoms with Gasteiger partial charge < -0.3 is 27.9 Å². The third-order valence-corrected chi connectivity index (χ3v) is 14.3. The number of fused-ring (bicyclic) bond motifs is 2. The molecule has 0 amide bonds. The molecule has 4 aromatic carbocycles. The fourth-order valence-corrected chi connectivity index (χ4v) is 11.8. The van der Waals surface area contributed by atoms with Crippen LogP contribution in [0.5, 0.6) is 0 Å². The van der Waals surface area contributed by atoms with Crippen molar-refractivity contribution in [2.75, 3.05) is 6.61 Å². The summed E-state index contributed by atoms with van der Waals surface area (Å²) in [6.45, 7) is 12.0. The second-order valence-electron chi connectivity index (χ2n) is 14.0. The highest BCUT2D eigenvalue weighted by atomic mass is 28.4. The Bertz CT molecular complexity index is 1750. The number of imidazole rings is 1. The van der Waals surface area contributed by atoms with Gasteiger partial charge in [-0.25, -0.2) is 4.98 Å². The van der Waals surface area contributed by atoms with Crippen molar-refractivity contribution in [2.24, 2.45) is 0 Å². The third-order valence-electron chi connectivity index (χ3n) is 9.30. The second-order valence-corrected chi connectivity index (χ2v) is 18.3. The highest BCUT2D eigenvalue weighted by molar-refractivity contribution is 6.99. The van der Waals surface area contributed by atoms with Gasteiger partial charge in [0.15, 0.2) is 5.79 Å². The van der Waals surface area contributed by atoms with Crippen molar-refractivity contribution in [1.82, 2.24) is 9.55 Å². The number of ether oxygens (including phenoxy) is 4. The normalized spacial score (nSPS) is 22.5. The first-order valence-electron chi connectivity index (χ1n) is 16.5. The zero-order valence-electron chi connectivity index (χ0n) is 27.8. The van der Waals surface area contributed by atoms with Gasteiger partial charge in [-0.1, -0.05) is 124 Å². The van der Waals surface area contributed by atoms with E-state index < -0.39 is 20.2 Å². The molecule has 5 aromatic rings. The van der Waals surface area contributed by atoms with Crippen molar-refractivity contribution in [3.8, 4) is 0 Å². The zero-order chi connectivity index (χ0) is 32.6. The lowest BCUT2D eigenvalue weighted by atomic mass is 10.1. The van der Waals surface area contributed by atoms with E-state index in [1.165, 1.54) is 10.4 Å². The quantitative estimate of drug-likeness (QED) is 0.156. The third kappa shape index (κ3) is 6.10. The second kappa shape index (κ2) is 12.8. The fourth-order valence-electron chi connectivity index (χ4n) is 7.27. The first-order valence-corrected chi connectivity index (χ1v) is 18.4. The van der Waals surface area contributed by atoms with E-state index in [2.05, 4.69) is 104 Å². The van der Waals surface area contributed by atoms with E-state index >= 15 is 0 Å². The molecule has 244 valence electrons. The number of hydrogen-bond acceptors (Lipinski definition) is 6. The number of hydrogen-bond donors (Lipinski definition) is 0. The molecule has 0 radical (unpaired) electrons. The van der Waals surface area contributed by atoms with Crippen LogP contribution in [-0.2, 0) is 36.7 Å². The molecule has 3 heterocycles. The smallest absolute Gasteiger partial charge is 0.261 e. The molecule has 8 heteroatoms. The van der Waals surface area contributed by atoms with Crippen molar-refractivity contribution < 1.29 is 23.4 Å². The Balaban J connectivity index is 1.22. The average Bonchev–Trinajstić information content (AvgIpc) is 3.70. The number of benzene rings is 4. The Morgan fingerprint density at radius 2 is 1.34 bits per heavy atom. The van der Waals surface area contributed by atoms with Crippen LogP contribution in [0.2, 0.25) is 5.04 Å². The minimum atomic E-state index is -2.80. The van der Waals surface area contributed by atoms with Crippen LogP contribution in [-0.4, -0.2) is 48.6 Å². The van der Waals surface area contributed by atoms with Crippen LogP contribution in [0.4, 0.5) is 0 Å². The minimum absolute atomic E-state index is 0.163. The van der Waals surface area contributed by atoms with Gasteiger partial charge in [-0.05, 0) is 47.0 Å². The van der Waals surface area contributed by atoms with Gasteiger partial charge in [0, 0.05) is 0 Å². The summed E-state index contributed by atoms with van der Waals surface area (Å²) in [5.41, 5.74) is 2.99. The molecule has 2 aliphatic rings. The van der Waals surface area contributed by atoms with Gasteiger partial charge in [0.05, 0.1) is 24.2 Å². The maximum Gasteiger partial charge on any atom is 0.261 e. The van der Waals surface area contributed by atoms with Crippen molar-refractivity contribution >= 4 is 29.7 Å². The van der Waals surface area contributed by atoms with E-state index in [-0.39, 0.29) is 23.4 Å². The summed E-state index contributed by atoms with van der Waals surface area (Å²) < 4.78 is 35.8. The lowest BCUT2D eigenvalue weighted by Gasteiger charge is -2.43. The number of rotatable bonds is 10. The molecule has 2 aliphatic heterocycles. The molecule has 0 bridgehead atoms. The minimum Gasteiger partial charge on any atom is -0.405 e. The van der Waals surface area contributed by atoms with E-state index in [4.69, 9.17) is 28.4 Å². The molecule has 0 spiro atoms. The molecule has 4 atom stereocenters. The lowest BCUT2D eigenvalue weighted by molar-refractivity contribution is -0.191. The number of para-hydroxylation sites is 2. The molecule has 7 nitrogen and oxygen atoms in total. The molecule has 0 unspecified atom stereocenters. The molecule has 2 fully saturated rings. The highest BCUT2D eigenvalue weighted by Gasteiger charge is 2.58. The summed E-state index contributed by atoms with van der Waals surface area (Å²) in [5.74, 6) is -0.00303. The Morgan fingerprint density at radius 3 is 1.98 bits per heavy atom. The molecule has 7 rings (SSSR count). The largest absolute Gasteiger partial charge is 0.405 e. The summed E-state index contributed by atoms with van der Waals surface area (Å²) in [6, 6.07) is 39.7. The van der Waals surface area contributed by atoms with Crippen molar-refractivity contribution in [1.29, 1.82) is 0 Å². The maximum atomic E-state index is 7.34. The number of nitrogens with zero attached hydrogens (tertiary/aromatic N) is 2. The molecule has 0 aliphatic carbocycles. The summed E-state index contributed by atoms with van der Waals surface area (Å²) in [7, 11) is -2.80. The highest BCUT2D eigenvalue weighted by Crippen LogP contribution is 2.46. The van der Waals surface area contributed by atoms with Crippen LogP contribution in [0.1, 0.15) is 52.1 Å². The van der Waals surface area contributed by atoms with E-state index in [0.717, 1.165) is 22.4 Å². The van der Waals surface area contributed by atoms with Gasteiger partial charge in [-0.3, -0.25) is 0 Å². The Labute approximate surface area is 278 Å². The monoisotopic (exact) mass is 648 g/mol. The molecular formula is C39H44N2O5Si. The van der Waals surface area contributed by atoms with Gasteiger partial charge >= 0.3 is 0 Å². The topological polar surface area (TPSA) is 64.0 Å². The summed E-state index contributed by atoms with van der Waals surface area (Å²) in [6.07, 6.45) is -1.52. The van der Waals surface area contributed by atoms with E-state index in [1.54, 1.807) is 0 Å². The van der Waals surface area contributed by atoms with Crippen molar-refractivity contribution in [3.63, 3.8) is 0 Å². The standard InChI is InChI=1S/C39H44N2O5Si/c1-38(2,3)47(29-19-11-7-12-20-29,30-21-13-8-14-22-30)43-26-33-34-35(46-39(4,5)45-34)36(44-33)37-40-31-23-15-16-24-32(31)41(37)27-42-25-28-17-9-6-10-18-28/h6-24,33-36H,25-27H2,1-5H3/t33-,34-,35-,36+/m1/s1. The van der Waals surface area contributed by atoms with Crippen LogP contribution in [0.3, 0.4) is 0 Å². The summed E-state index contributed by atoms with van der Waals surface area (Å²) in [4.78, 5) is 5.10. The average molecular weight is 649 g/mol. The number of aromatic nitrogens is 2. The van der Waals surface area contributed by atoms with E-state index in [1.807, 2.05) is 50.2 Å². The molecule has 0 N–H and O–H groups in total. The molecule has 1 aromatic heterocycles. The van der Waals surface area contributed by atoms with E-state index in [0.29, 0.717) is 19.9 Å². The molecule has 2 saturated heterocycles. The first-order chi connectivity index (χ1) is 22.7. The van der Waals surface area contributed by atoms with Crippen LogP contribution in [0.25, 0.3) is 11.0 Å². The van der Waals surface area contributed by atoms with E-state index in [9.17, 15) is 0 Å². The maximum absolute atomic E-state index is 7.34.